The predicted molar refractivity (Wildman–Crippen MR) is 105 cm³/mol. The molecule has 0 unspecified atom stereocenters. The Bertz CT molecular complexity index is 588. The molecule has 1 aliphatic rings. The molecule has 1 saturated carbocycles. The molecule has 0 spiro atoms. The highest BCUT2D eigenvalue weighted by molar-refractivity contribution is 5.94. The summed E-state index contributed by atoms with van der Waals surface area (Å²) in [5.41, 5.74) is 7.65. The molecule has 5 nitrogen and oxygen atoms in total. The zero-order valence-electron chi connectivity index (χ0n) is 16.2. The van der Waals surface area contributed by atoms with E-state index in [0.29, 0.717) is 38.2 Å². The van der Waals surface area contributed by atoms with Gasteiger partial charge in [0.2, 0.25) is 5.91 Å². The molecule has 2 amide bonds. The predicted octanol–water partition coefficient (Wildman–Crippen LogP) is 3.08. The normalized spacial score (nSPS) is 16.1. The fourth-order valence-corrected chi connectivity index (χ4v) is 3.82. The summed E-state index contributed by atoms with van der Waals surface area (Å²) in [6.07, 6.45) is 6.22. The highest BCUT2D eigenvalue weighted by Gasteiger charge is 2.32. The standard InChI is InChI=1S/C21H33N3O2/c1-3-24(4-2)20(26)18-10-8-17(9-11-18)15-23-19(25)14-21(16-22)12-6-5-7-13-21/h8-11H,3-7,12-16,22H2,1-2H3,(H,23,25). The second-order valence-corrected chi connectivity index (χ2v) is 7.39. The lowest BCUT2D eigenvalue weighted by molar-refractivity contribution is -0.124. The molecule has 0 radical (unpaired) electrons. The summed E-state index contributed by atoms with van der Waals surface area (Å²) in [5, 5.41) is 3.01. The molecule has 0 aliphatic heterocycles. The zero-order chi connectivity index (χ0) is 19.0. The van der Waals surface area contributed by atoms with Gasteiger partial charge in [-0.05, 0) is 56.3 Å². The minimum Gasteiger partial charge on any atom is -0.352 e. The molecule has 2 rings (SSSR count). The Hall–Kier alpha value is -1.88. The fraction of sp³-hybridized carbons (Fsp3) is 0.619. The van der Waals surface area contributed by atoms with Crippen LogP contribution >= 0.6 is 0 Å². The molecule has 1 aromatic carbocycles. The first-order chi connectivity index (χ1) is 12.5. The average Bonchev–Trinajstić information content (AvgIpc) is 2.68. The van der Waals surface area contributed by atoms with Gasteiger partial charge in [0.1, 0.15) is 0 Å². The molecule has 1 aliphatic carbocycles. The van der Waals surface area contributed by atoms with Gasteiger partial charge in [-0.15, -0.1) is 0 Å². The second kappa shape index (κ2) is 9.72. The highest BCUT2D eigenvalue weighted by atomic mass is 16.2. The van der Waals surface area contributed by atoms with Gasteiger partial charge in [-0.3, -0.25) is 9.59 Å². The van der Waals surface area contributed by atoms with Crippen molar-refractivity contribution in [2.45, 2.75) is 58.9 Å². The lowest BCUT2D eigenvalue weighted by atomic mass is 9.71. The maximum Gasteiger partial charge on any atom is 0.253 e. The largest absolute Gasteiger partial charge is 0.352 e. The quantitative estimate of drug-likeness (QED) is 0.749. The molecule has 0 bridgehead atoms. The minimum absolute atomic E-state index is 0.0115. The number of carbonyl (C=O) groups is 2. The van der Waals surface area contributed by atoms with Gasteiger partial charge >= 0.3 is 0 Å². The summed E-state index contributed by atoms with van der Waals surface area (Å²) < 4.78 is 0. The monoisotopic (exact) mass is 359 g/mol. The lowest BCUT2D eigenvalue weighted by Crippen LogP contribution is -2.38. The van der Waals surface area contributed by atoms with Crippen LogP contribution in [0.25, 0.3) is 0 Å². The van der Waals surface area contributed by atoms with Crippen molar-refractivity contribution in [1.82, 2.24) is 10.2 Å². The van der Waals surface area contributed by atoms with Crippen LogP contribution in [0.15, 0.2) is 24.3 Å². The fourth-order valence-electron chi connectivity index (χ4n) is 3.82. The Kier molecular flexibility index (Phi) is 7.64. The van der Waals surface area contributed by atoms with Gasteiger partial charge in [0.25, 0.3) is 5.91 Å². The molecule has 0 heterocycles. The molecule has 0 atom stereocenters. The number of amides is 2. The first-order valence-electron chi connectivity index (χ1n) is 9.88. The topological polar surface area (TPSA) is 75.4 Å². The van der Waals surface area contributed by atoms with Gasteiger partial charge in [-0.25, -0.2) is 0 Å². The third-order valence-electron chi connectivity index (χ3n) is 5.62. The van der Waals surface area contributed by atoms with Gasteiger partial charge in [-0.2, -0.15) is 0 Å². The third kappa shape index (κ3) is 5.31. The van der Waals surface area contributed by atoms with Gasteiger partial charge in [0.15, 0.2) is 0 Å². The molecule has 1 aromatic rings. The van der Waals surface area contributed by atoms with Crippen LogP contribution in [0.2, 0.25) is 0 Å². The SMILES string of the molecule is CCN(CC)C(=O)c1ccc(CNC(=O)CC2(CN)CCCCC2)cc1. The summed E-state index contributed by atoms with van der Waals surface area (Å²) in [7, 11) is 0. The number of benzene rings is 1. The summed E-state index contributed by atoms with van der Waals surface area (Å²) in [6.45, 7) is 6.44. The number of hydrogen-bond donors (Lipinski definition) is 2. The Morgan fingerprint density at radius 2 is 1.69 bits per heavy atom. The molecular weight excluding hydrogens is 326 g/mol. The van der Waals surface area contributed by atoms with E-state index in [1.807, 2.05) is 38.1 Å². The van der Waals surface area contributed by atoms with Crippen LogP contribution in [0.3, 0.4) is 0 Å². The van der Waals surface area contributed by atoms with Crippen LogP contribution in [-0.4, -0.2) is 36.3 Å². The van der Waals surface area contributed by atoms with E-state index in [-0.39, 0.29) is 17.2 Å². The van der Waals surface area contributed by atoms with Crippen molar-refractivity contribution in [1.29, 1.82) is 0 Å². The van der Waals surface area contributed by atoms with E-state index in [2.05, 4.69) is 5.32 Å². The maximum absolute atomic E-state index is 12.4. The van der Waals surface area contributed by atoms with Crippen molar-refractivity contribution in [3.8, 4) is 0 Å². The molecule has 5 heteroatoms. The first kappa shape index (κ1) is 20.4. The second-order valence-electron chi connectivity index (χ2n) is 7.39. The van der Waals surface area contributed by atoms with E-state index in [9.17, 15) is 9.59 Å². The Labute approximate surface area is 157 Å². The van der Waals surface area contributed by atoms with Crippen molar-refractivity contribution in [2.75, 3.05) is 19.6 Å². The van der Waals surface area contributed by atoms with E-state index < -0.39 is 0 Å². The maximum atomic E-state index is 12.4. The van der Waals surface area contributed by atoms with E-state index >= 15 is 0 Å². The molecule has 3 N–H and O–H groups in total. The third-order valence-corrected chi connectivity index (χ3v) is 5.62. The number of carbonyl (C=O) groups excluding carboxylic acids is 2. The van der Waals surface area contributed by atoms with Crippen LogP contribution in [0.4, 0.5) is 0 Å². The Balaban J connectivity index is 1.87. The van der Waals surface area contributed by atoms with E-state index in [0.717, 1.165) is 18.4 Å². The summed E-state index contributed by atoms with van der Waals surface area (Å²) in [6, 6.07) is 7.50. The van der Waals surface area contributed by atoms with Crippen LogP contribution in [-0.2, 0) is 11.3 Å². The molecule has 1 fully saturated rings. The highest BCUT2D eigenvalue weighted by Crippen LogP contribution is 2.38. The Morgan fingerprint density at radius 3 is 2.23 bits per heavy atom. The number of nitrogens with one attached hydrogen (secondary N) is 1. The smallest absolute Gasteiger partial charge is 0.253 e. The summed E-state index contributed by atoms with van der Waals surface area (Å²) in [5.74, 6) is 0.119. The molecule has 26 heavy (non-hydrogen) atoms. The van der Waals surface area contributed by atoms with Crippen molar-refractivity contribution in [3.63, 3.8) is 0 Å². The number of hydrogen-bond acceptors (Lipinski definition) is 3. The number of rotatable bonds is 8. The van der Waals surface area contributed by atoms with Crippen LogP contribution < -0.4 is 11.1 Å². The lowest BCUT2D eigenvalue weighted by Gasteiger charge is -2.35. The van der Waals surface area contributed by atoms with E-state index in [1.54, 1.807) is 4.90 Å². The van der Waals surface area contributed by atoms with Gasteiger partial charge < -0.3 is 16.0 Å². The van der Waals surface area contributed by atoms with Crippen LogP contribution in [0.5, 0.6) is 0 Å². The van der Waals surface area contributed by atoms with Crippen LogP contribution in [0, 0.1) is 5.41 Å². The Morgan fingerprint density at radius 1 is 1.08 bits per heavy atom. The minimum atomic E-state index is -0.0115. The van der Waals surface area contributed by atoms with Gasteiger partial charge in [-0.1, -0.05) is 31.4 Å². The molecule has 144 valence electrons. The van der Waals surface area contributed by atoms with E-state index in [1.165, 1.54) is 19.3 Å². The molecular formula is C21H33N3O2. The van der Waals surface area contributed by atoms with Gasteiger partial charge in [0.05, 0.1) is 0 Å². The molecule has 0 aromatic heterocycles. The van der Waals surface area contributed by atoms with Crippen LogP contribution in [0.1, 0.15) is 68.3 Å². The van der Waals surface area contributed by atoms with Gasteiger partial charge in [0, 0.05) is 31.6 Å². The summed E-state index contributed by atoms with van der Waals surface area (Å²) in [4.78, 5) is 26.5. The van der Waals surface area contributed by atoms with Crippen molar-refractivity contribution in [2.24, 2.45) is 11.1 Å². The average molecular weight is 360 g/mol. The number of nitrogens with two attached hydrogens (primary N) is 1. The first-order valence-corrected chi connectivity index (χ1v) is 9.88. The van der Waals surface area contributed by atoms with Crippen molar-refractivity contribution < 1.29 is 9.59 Å². The summed E-state index contributed by atoms with van der Waals surface area (Å²) >= 11 is 0. The zero-order valence-corrected chi connectivity index (χ0v) is 16.2. The van der Waals surface area contributed by atoms with E-state index in [4.69, 9.17) is 5.73 Å². The van der Waals surface area contributed by atoms with Crippen molar-refractivity contribution in [3.05, 3.63) is 35.4 Å². The molecule has 0 saturated heterocycles. The number of nitrogens with zero attached hydrogens (tertiary/aromatic N) is 1. The van der Waals surface area contributed by atoms with Crippen molar-refractivity contribution >= 4 is 11.8 Å².